The Bertz CT molecular complexity index is 314. The maximum atomic E-state index is 5.37. The first-order valence-corrected chi connectivity index (χ1v) is 6.29. The van der Waals surface area contributed by atoms with Crippen LogP contribution in [0, 0.1) is 5.92 Å². The molecule has 0 bridgehead atoms. The smallest absolute Gasteiger partial charge is 0.229 e. The van der Waals surface area contributed by atoms with E-state index >= 15 is 0 Å². The number of hydrogen-bond donors (Lipinski definition) is 1. The van der Waals surface area contributed by atoms with E-state index in [1.54, 1.807) is 0 Å². The van der Waals surface area contributed by atoms with Gasteiger partial charge in [-0.25, -0.2) is 0 Å². The van der Waals surface area contributed by atoms with E-state index in [1.165, 1.54) is 6.42 Å². The second-order valence-electron chi connectivity index (χ2n) is 5.02. The van der Waals surface area contributed by atoms with E-state index in [9.17, 15) is 0 Å². The van der Waals surface area contributed by atoms with E-state index < -0.39 is 0 Å². The second-order valence-corrected chi connectivity index (χ2v) is 5.02. The largest absolute Gasteiger partial charge is 0.339 e. The van der Waals surface area contributed by atoms with Gasteiger partial charge in [0.15, 0.2) is 5.82 Å². The van der Waals surface area contributed by atoms with Gasteiger partial charge in [-0.15, -0.1) is 0 Å². The summed E-state index contributed by atoms with van der Waals surface area (Å²) in [5.41, 5.74) is 0. The van der Waals surface area contributed by atoms with Crippen molar-refractivity contribution in [1.29, 1.82) is 0 Å². The molecule has 0 aliphatic carbocycles. The Labute approximate surface area is 96.8 Å². The molecule has 90 valence electrons. The fourth-order valence-electron chi connectivity index (χ4n) is 2.15. The fraction of sp³-hybridized carbons (Fsp3) is 0.833. The van der Waals surface area contributed by atoms with Gasteiger partial charge in [-0.05, 0) is 38.3 Å². The lowest BCUT2D eigenvalue weighted by molar-refractivity contribution is 0.338. The first-order valence-electron chi connectivity index (χ1n) is 6.29. The molecule has 1 fully saturated rings. The molecule has 1 aromatic heterocycles. The highest BCUT2D eigenvalue weighted by atomic mass is 16.5. The van der Waals surface area contributed by atoms with Crippen LogP contribution >= 0.6 is 0 Å². The van der Waals surface area contributed by atoms with Gasteiger partial charge in [0, 0.05) is 12.3 Å². The molecule has 1 aliphatic rings. The van der Waals surface area contributed by atoms with Gasteiger partial charge in [-0.3, -0.25) is 0 Å². The van der Waals surface area contributed by atoms with Crippen molar-refractivity contribution in [1.82, 2.24) is 15.5 Å². The van der Waals surface area contributed by atoms with Gasteiger partial charge in [0.2, 0.25) is 5.89 Å². The van der Waals surface area contributed by atoms with Crippen LogP contribution in [0.15, 0.2) is 4.52 Å². The lowest BCUT2D eigenvalue weighted by atomic mass is 10.0. The van der Waals surface area contributed by atoms with E-state index in [-0.39, 0.29) is 0 Å². The Morgan fingerprint density at radius 3 is 3.06 bits per heavy atom. The first kappa shape index (κ1) is 11.6. The van der Waals surface area contributed by atoms with Gasteiger partial charge in [-0.2, -0.15) is 4.98 Å². The van der Waals surface area contributed by atoms with Crippen molar-refractivity contribution in [2.75, 3.05) is 13.1 Å². The third-order valence-corrected chi connectivity index (χ3v) is 3.00. The zero-order chi connectivity index (χ0) is 11.4. The molecule has 0 spiro atoms. The zero-order valence-electron chi connectivity index (χ0n) is 10.2. The minimum atomic E-state index is 0.461. The SMILES string of the molecule is CC(C)Cc1noc(C2CCCNCC2)n1. The molecule has 4 heteroatoms. The first-order chi connectivity index (χ1) is 7.75. The summed E-state index contributed by atoms with van der Waals surface area (Å²) in [6.07, 6.45) is 4.39. The molecule has 1 aromatic rings. The molecule has 0 amide bonds. The van der Waals surface area contributed by atoms with Gasteiger partial charge >= 0.3 is 0 Å². The maximum absolute atomic E-state index is 5.37. The standard InChI is InChI=1S/C12H21N3O/c1-9(2)8-11-14-12(16-15-11)10-4-3-6-13-7-5-10/h9-10,13H,3-8H2,1-2H3. The van der Waals surface area contributed by atoms with Crippen LogP contribution in [-0.4, -0.2) is 23.2 Å². The molecule has 1 aliphatic heterocycles. The van der Waals surface area contributed by atoms with Crippen LogP contribution in [0.3, 0.4) is 0 Å². The highest BCUT2D eigenvalue weighted by Crippen LogP contribution is 2.24. The monoisotopic (exact) mass is 223 g/mol. The molecule has 0 radical (unpaired) electrons. The lowest BCUT2D eigenvalue weighted by Gasteiger charge is -2.06. The highest BCUT2D eigenvalue weighted by molar-refractivity contribution is 4.95. The minimum Gasteiger partial charge on any atom is -0.339 e. The molecule has 16 heavy (non-hydrogen) atoms. The van der Waals surface area contributed by atoms with E-state index in [0.29, 0.717) is 11.8 Å². The molecule has 0 aromatic carbocycles. The molecule has 4 nitrogen and oxygen atoms in total. The van der Waals surface area contributed by atoms with E-state index in [1.807, 2.05) is 0 Å². The molecule has 1 atom stereocenters. The average Bonchev–Trinajstić information content (AvgIpc) is 2.53. The summed E-state index contributed by atoms with van der Waals surface area (Å²) < 4.78 is 5.37. The second kappa shape index (κ2) is 5.43. The third-order valence-electron chi connectivity index (χ3n) is 3.00. The number of hydrogen-bond acceptors (Lipinski definition) is 4. The quantitative estimate of drug-likeness (QED) is 0.852. The maximum Gasteiger partial charge on any atom is 0.229 e. The van der Waals surface area contributed by atoms with Crippen LogP contribution < -0.4 is 5.32 Å². The molecule has 1 saturated heterocycles. The van der Waals surface area contributed by atoms with Crippen molar-refractivity contribution in [3.8, 4) is 0 Å². The van der Waals surface area contributed by atoms with Crippen LogP contribution in [0.4, 0.5) is 0 Å². The van der Waals surface area contributed by atoms with Gasteiger partial charge in [-0.1, -0.05) is 19.0 Å². The summed E-state index contributed by atoms with van der Waals surface area (Å²) in [6.45, 7) is 6.52. The summed E-state index contributed by atoms with van der Waals surface area (Å²) in [6, 6.07) is 0. The van der Waals surface area contributed by atoms with Crippen LogP contribution in [0.1, 0.15) is 50.7 Å². The summed E-state index contributed by atoms with van der Waals surface area (Å²) >= 11 is 0. The van der Waals surface area contributed by atoms with Gasteiger partial charge in [0.25, 0.3) is 0 Å². The fourth-order valence-corrected chi connectivity index (χ4v) is 2.15. The summed E-state index contributed by atoms with van der Waals surface area (Å²) in [5.74, 6) is 2.76. The Kier molecular flexibility index (Phi) is 3.93. The van der Waals surface area contributed by atoms with Crippen molar-refractivity contribution in [2.45, 2.75) is 45.4 Å². The van der Waals surface area contributed by atoms with Crippen molar-refractivity contribution in [3.05, 3.63) is 11.7 Å². The predicted octanol–water partition coefficient (Wildman–Crippen LogP) is 2.13. The zero-order valence-corrected chi connectivity index (χ0v) is 10.2. The summed E-state index contributed by atoms with van der Waals surface area (Å²) in [5, 5.41) is 7.45. The van der Waals surface area contributed by atoms with Crippen molar-refractivity contribution in [3.63, 3.8) is 0 Å². The number of aromatic nitrogens is 2. The Morgan fingerprint density at radius 1 is 1.38 bits per heavy atom. The molecule has 1 N–H and O–H groups in total. The minimum absolute atomic E-state index is 0.461. The van der Waals surface area contributed by atoms with Crippen LogP contribution in [0.25, 0.3) is 0 Å². The molecular formula is C12H21N3O. The Morgan fingerprint density at radius 2 is 2.25 bits per heavy atom. The van der Waals surface area contributed by atoms with Crippen molar-refractivity contribution >= 4 is 0 Å². The molecule has 1 unspecified atom stereocenters. The summed E-state index contributed by atoms with van der Waals surface area (Å²) in [7, 11) is 0. The van der Waals surface area contributed by atoms with Crippen LogP contribution in [0.5, 0.6) is 0 Å². The van der Waals surface area contributed by atoms with E-state index in [0.717, 1.165) is 44.1 Å². The number of nitrogens with zero attached hydrogens (tertiary/aromatic N) is 2. The predicted molar refractivity (Wildman–Crippen MR) is 62.3 cm³/mol. The molecule has 0 saturated carbocycles. The summed E-state index contributed by atoms with van der Waals surface area (Å²) in [4.78, 5) is 4.51. The van der Waals surface area contributed by atoms with E-state index in [4.69, 9.17) is 4.52 Å². The van der Waals surface area contributed by atoms with Crippen molar-refractivity contribution < 1.29 is 4.52 Å². The van der Waals surface area contributed by atoms with Gasteiger partial charge < -0.3 is 9.84 Å². The third kappa shape index (κ3) is 3.04. The highest BCUT2D eigenvalue weighted by Gasteiger charge is 2.20. The number of nitrogens with one attached hydrogen (secondary N) is 1. The van der Waals surface area contributed by atoms with Crippen LogP contribution in [-0.2, 0) is 6.42 Å². The Hall–Kier alpha value is -0.900. The average molecular weight is 223 g/mol. The van der Waals surface area contributed by atoms with Crippen LogP contribution in [0.2, 0.25) is 0 Å². The normalized spacial score (nSPS) is 22.3. The van der Waals surface area contributed by atoms with E-state index in [2.05, 4.69) is 29.3 Å². The topological polar surface area (TPSA) is 51.0 Å². The Balaban J connectivity index is 1.99. The molecule has 2 rings (SSSR count). The van der Waals surface area contributed by atoms with Gasteiger partial charge in [0.1, 0.15) is 0 Å². The lowest BCUT2D eigenvalue weighted by Crippen LogP contribution is -2.13. The molecular weight excluding hydrogens is 202 g/mol. The van der Waals surface area contributed by atoms with Crippen molar-refractivity contribution in [2.24, 2.45) is 5.92 Å². The number of rotatable bonds is 3. The van der Waals surface area contributed by atoms with Gasteiger partial charge in [0.05, 0.1) is 0 Å². The molecule has 2 heterocycles.